The van der Waals surface area contributed by atoms with Crippen molar-refractivity contribution in [1.29, 1.82) is 0 Å². The van der Waals surface area contributed by atoms with Crippen molar-refractivity contribution >= 4 is 45.4 Å². The van der Waals surface area contributed by atoms with E-state index in [-0.39, 0.29) is 11.3 Å². The minimum absolute atomic E-state index is 0.0205. The zero-order valence-electron chi connectivity index (χ0n) is 14.2. The van der Waals surface area contributed by atoms with Crippen LogP contribution in [-0.4, -0.2) is 44.4 Å². The highest BCUT2D eigenvalue weighted by Gasteiger charge is 2.21. The number of sulfonamides is 1. The number of carboxylic acids is 1. The van der Waals surface area contributed by atoms with E-state index in [4.69, 9.17) is 16.7 Å². The van der Waals surface area contributed by atoms with Gasteiger partial charge in [-0.05, 0) is 24.3 Å². The molecule has 0 fully saturated rings. The van der Waals surface area contributed by atoms with Crippen molar-refractivity contribution in [1.82, 2.24) is 5.43 Å². The molecule has 0 saturated carbocycles. The van der Waals surface area contributed by atoms with Gasteiger partial charge in [-0.25, -0.2) is 18.6 Å². The predicted molar refractivity (Wildman–Crippen MR) is 103 cm³/mol. The Morgan fingerprint density at radius 3 is 2.56 bits per heavy atom. The Bertz CT molecular complexity index is 992. The number of amides is 1. The molecule has 10 heteroatoms. The maximum Gasteiger partial charge on any atom is 0.336 e. The van der Waals surface area contributed by atoms with Gasteiger partial charge in [-0.3, -0.25) is 9.10 Å². The number of hydrazone groups is 1. The number of hydrogen-bond acceptors (Lipinski definition) is 5. The van der Waals surface area contributed by atoms with Gasteiger partial charge in [-0.2, -0.15) is 5.10 Å². The third kappa shape index (κ3) is 5.80. The summed E-state index contributed by atoms with van der Waals surface area (Å²) in [5, 5.41) is 13.1. The van der Waals surface area contributed by atoms with E-state index < -0.39 is 28.4 Å². The Morgan fingerprint density at radius 1 is 1.22 bits per heavy atom. The molecular weight excluding hydrogens is 394 g/mol. The molecule has 0 radical (unpaired) electrons. The number of hydrogen-bond donors (Lipinski definition) is 2. The molecule has 0 heterocycles. The van der Waals surface area contributed by atoms with Crippen molar-refractivity contribution in [3.8, 4) is 0 Å². The normalized spacial score (nSPS) is 11.3. The first kappa shape index (κ1) is 20.4. The van der Waals surface area contributed by atoms with E-state index in [1.54, 1.807) is 24.3 Å². The fourth-order valence-corrected chi connectivity index (χ4v) is 3.21. The molecule has 0 aliphatic heterocycles. The molecule has 0 aromatic heterocycles. The smallest absolute Gasteiger partial charge is 0.336 e. The van der Waals surface area contributed by atoms with Crippen molar-refractivity contribution in [2.24, 2.45) is 5.10 Å². The van der Waals surface area contributed by atoms with Gasteiger partial charge in [0.25, 0.3) is 5.91 Å². The fraction of sp³-hybridized carbons (Fsp3) is 0.118. The average molecular weight is 410 g/mol. The monoisotopic (exact) mass is 409 g/mol. The van der Waals surface area contributed by atoms with Crippen LogP contribution in [0.25, 0.3) is 0 Å². The van der Waals surface area contributed by atoms with Crippen LogP contribution in [-0.2, 0) is 14.8 Å². The fourth-order valence-electron chi connectivity index (χ4n) is 2.18. The summed E-state index contributed by atoms with van der Waals surface area (Å²) >= 11 is 5.87. The predicted octanol–water partition coefficient (Wildman–Crippen LogP) is 1.95. The molecule has 2 aromatic carbocycles. The molecule has 27 heavy (non-hydrogen) atoms. The molecule has 0 aliphatic rings. The summed E-state index contributed by atoms with van der Waals surface area (Å²) in [5.74, 6) is -1.84. The highest BCUT2D eigenvalue weighted by Crippen LogP contribution is 2.21. The van der Waals surface area contributed by atoms with E-state index in [2.05, 4.69) is 10.5 Å². The van der Waals surface area contributed by atoms with Gasteiger partial charge in [0.1, 0.15) is 6.54 Å². The number of halogens is 1. The molecular formula is C17H16ClN3O5S. The van der Waals surface area contributed by atoms with Crippen LogP contribution in [0.15, 0.2) is 53.6 Å². The maximum absolute atomic E-state index is 12.1. The molecule has 2 rings (SSSR count). The molecule has 1 amide bonds. The van der Waals surface area contributed by atoms with Gasteiger partial charge in [0.05, 0.1) is 23.7 Å². The summed E-state index contributed by atoms with van der Waals surface area (Å²) in [7, 11) is -3.74. The van der Waals surface area contributed by atoms with Gasteiger partial charge in [0.2, 0.25) is 10.0 Å². The topological polar surface area (TPSA) is 116 Å². The second-order valence-corrected chi connectivity index (χ2v) is 7.78. The largest absolute Gasteiger partial charge is 0.478 e. The van der Waals surface area contributed by atoms with Crippen LogP contribution in [0.4, 0.5) is 5.69 Å². The summed E-state index contributed by atoms with van der Waals surface area (Å²) in [6, 6.07) is 12.2. The lowest BCUT2D eigenvalue weighted by molar-refractivity contribution is -0.119. The molecule has 2 aromatic rings. The molecule has 0 unspecified atom stereocenters. The van der Waals surface area contributed by atoms with Gasteiger partial charge in [-0.1, -0.05) is 35.9 Å². The summed E-state index contributed by atoms with van der Waals surface area (Å²) in [5.41, 5.74) is 2.73. The summed E-state index contributed by atoms with van der Waals surface area (Å²) in [6.07, 6.45) is 2.14. The third-order valence-electron chi connectivity index (χ3n) is 3.37. The van der Waals surface area contributed by atoms with E-state index in [0.717, 1.165) is 10.6 Å². The Hall–Kier alpha value is -2.91. The van der Waals surface area contributed by atoms with Crippen molar-refractivity contribution < 1.29 is 23.1 Å². The number of benzene rings is 2. The van der Waals surface area contributed by atoms with E-state index in [0.29, 0.717) is 10.6 Å². The standard InChI is InChI=1S/C17H16ClN3O5S/c1-27(25,26)21(14-7-4-6-13(18)9-14)11-16(22)20-19-10-12-5-2-3-8-15(12)17(23)24/h2-10H,11H2,1H3,(H,20,22)(H,23,24)/b19-10-. The van der Waals surface area contributed by atoms with Crippen LogP contribution in [0.2, 0.25) is 5.02 Å². The number of carboxylic acid groups (broad SMARTS) is 1. The average Bonchev–Trinajstić information content (AvgIpc) is 2.59. The van der Waals surface area contributed by atoms with Crippen LogP contribution >= 0.6 is 11.6 Å². The van der Waals surface area contributed by atoms with Crippen LogP contribution in [0.5, 0.6) is 0 Å². The third-order valence-corrected chi connectivity index (χ3v) is 4.74. The van der Waals surface area contributed by atoms with Gasteiger partial charge < -0.3 is 5.11 Å². The van der Waals surface area contributed by atoms with Crippen molar-refractivity contribution in [3.05, 3.63) is 64.7 Å². The molecule has 8 nitrogen and oxygen atoms in total. The SMILES string of the molecule is CS(=O)(=O)N(CC(=O)N/N=C\c1ccccc1C(=O)O)c1cccc(Cl)c1. The first-order chi connectivity index (χ1) is 12.7. The first-order valence-corrected chi connectivity index (χ1v) is 9.78. The number of carbonyl (C=O) groups is 2. The van der Waals surface area contributed by atoms with Gasteiger partial charge in [0.15, 0.2) is 0 Å². The number of anilines is 1. The lowest BCUT2D eigenvalue weighted by atomic mass is 10.1. The van der Waals surface area contributed by atoms with Crippen LogP contribution in [0.3, 0.4) is 0 Å². The minimum atomic E-state index is -3.74. The van der Waals surface area contributed by atoms with Gasteiger partial charge >= 0.3 is 5.97 Å². The van der Waals surface area contributed by atoms with Crippen LogP contribution in [0, 0.1) is 0 Å². The highest BCUT2D eigenvalue weighted by molar-refractivity contribution is 7.92. The number of aromatic carboxylic acids is 1. The minimum Gasteiger partial charge on any atom is -0.478 e. The molecule has 142 valence electrons. The maximum atomic E-state index is 12.1. The second kappa shape index (κ2) is 8.65. The van der Waals surface area contributed by atoms with Crippen molar-refractivity contribution in [3.63, 3.8) is 0 Å². The summed E-state index contributed by atoms with van der Waals surface area (Å²) < 4.78 is 24.9. The Morgan fingerprint density at radius 2 is 1.93 bits per heavy atom. The van der Waals surface area contributed by atoms with Crippen LogP contribution < -0.4 is 9.73 Å². The Kier molecular flexibility index (Phi) is 6.54. The summed E-state index contributed by atoms with van der Waals surface area (Å²) in [6.45, 7) is -0.517. The molecule has 0 bridgehead atoms. The molecule has 0 saturated heterocycles. The molecule has 0 atom stereocenters. The molecule has 2 N–H and O–H groups in total. The van der Waals surface area contributed by atoms with E-state index in [1.165, 1.54) is 30.5 Å². The lowest BCUT2D eigenvalue weighted by Crippen LogP contribution is -2.39. The van der Waals surface area contributed by atoms with Crippen molar-refractivity contribution in [2.75, 3.05) is 17.1 Å². The molecule has 0 aliphatic carbocycles. The van der Waals surface area contributed by atoms with E-state index in [1.807, 2.05) is 0 Å². The quantitative estimate of drug-likeness (QED) is 0.535. The van der Waals surface area contributed by atoms with Gasteiger partial charge in [0, 0.05) is 10.6 Å². The number of rotatable bonds is 7. The van der Waals surface area contributed by atoms with E-state index >= 15 is 0 Å². The Balaban J connectivity index is 2.12. The Labute approximate surface area is 161 Å². The highest BCUT2D eigenvalue weighted by atomic mass is 35.5. The number of carbonyl (C=O) groups excluding carboxylic acids is 1. The van der Waals surface area contributed by atoms with Gasteiger partial charge in [-0.15, -0.1) is 0 Å². The zero-order valence-corrected chi connectivity index (χ0v) is 15.7. The van der Waals surface area contributed by atoms with E-state index in [9.17, 15) is 18.0 Å². The summed E-state index contributed by atoms with van der Waals surface area (Å²) in [4.78, 5) is 23.2. The van der Waals surface area contributed by atoms with Crippen LogP contribution in [0.1, 0.15) is 15.9 Å². The molecule has 0 spiro atoms. The lowest BCUT2D eigenvalue weighted by Gasteiger charge is -2.21. The number of nitrogens with one attached hydrogen (secondary N) is 1. The number of nitrogens with zero attached hydrogens (tertiary/aromatic N) is 2. The zero-order chi connectivity index (χ0) is 20.0. The van der Waals surface area contributed by atoms with Crippen molar-refractivity contribution in [2.45, 2.75) is 0 Å². The first-order valence-electron chi connectivity index (χ1n) is 7.56. The second-order valence-electron chi connectivity index (χ2n) is 5.44.